The Morgan fingerprint density at radius 2 is 1.74 bits per heavy atom. The molecule has 0 heterocycles. The second-order valence-corrected chi connectivity index (χ2v) is 4.91. The van der Waals surface area contributed by atoms with E-state index < -0.39 is 6.10 Å². The van der Waals surface area contributed by atoms with Crippen molar-refractivity contribution in [3.05, 3.63) is 70.8 Å². The molecule has 0 radical (unpaired) electrons. The fourth-order valence-electron chi connectivity index (χ4n) is 2.19. The maximum absolute atomic E-state index is 10.3. The molecule has 3 heteroatoms. The van der Waals surface area contributed by atoms with Gasteiger partial charge in [0.2, 0.25) is 0 Å². The lowest BCUT2D eigenvalue weighted by Crippen LogP contribution is -2.25. The standard InChI is InChI=1S/C16H13ClO2/c17-12-6-8-13(9-7-12)19-15-10-5-11-3-1-2-4-14(11)16(15)18/h1-10,15-16,18H/t15-,16?/m0/s1. The van der Waals surface area contributed by atoms with Crippen LogP contribution in [0.5, 0.6) is 5.75 Å². The molecule has 2 nitrogen and oxygen atoms in total. The molecule has 0 spiro atoms. The monoisotopic (exact) mass is 272 g/mol. The zero-order chi connectivity index (χ0) is 13.2. The van der Waals surface area contributed by atoms with E-state index >= 15 is 0 Å². The molecule has 3 rings (SSSR count). The summed E-state index contributed by atoms with van der Waals surface area (Å²) in [5.74, 6) is 0.692. The summed E-state index contributed by atoms with van der Waals surface area (Å²) in [5, 5.41) is 11.0. The van der Waals surface area contributed by atoms with Gasteiger partial charge in [0.1, 0.15) is 18.0 Å². The van der Waals surface area contributed by atoms with Crippen LogP contribution in [0.4, 0.5) is 0 Å². The zero-order valence-corrected chi connectivity index (χ0v) is 10.9. The minimum atomic E-state index is -0.656. The predicted molar refractivity (Wildman–Crippen MR) is 76.3 cm³/mol. The molecule has 0 saturated carbocycles. The Kier molecular flexibility index (Phi) is 3.28. The number of hydrogen-bond donors (Lipinski definition) is 1. The summed E-state index contributed by atoms with van der Waals surface area (Å²) in [5.41, 5.74) is 1.93. The molecular weight excluding hydrogens is 260 g/mol. The fraction of sp³-hybridized carbons (Fsp3) is 0.125. The molecule has 2 aromatic carbocycles. The smallest absolute Gasteiger partial charge is 0.147 e. The topological polar surface area (TPSA) is 29.5 Å². The van der Waals surface area contributed by atoms with E-state index in [1.54, 1.807) is 24.3 Å². The maximum atomic E-state index is 10.3. The van der Waals surface area contributed by atoms with Crippen LogP contribution < -0.4 is 4.74 Å². The van der Waals surface area contributed by atoms with Crippen LogP contribution in [0.15, 0.2) is 54.6 Å². The van der Waals surface area contributed by atoms with E-state index in [2.05, 4.69) is 0 Å². The van der Waals surface area contributed by atoms with Crippen LogP contribution >= 0.6 is 11.6 Å². The molecule has 2 aromatic rings. The van der Waals surface area contributed by atoms with Gasteiger partial charge in [0, 0.05) is 5.02 Å². The lowest BCUT2D eigenvalue weighted by atomic mass is 9.93. The molecule has 0 bridgehead atoms. The summed E-state index contributed by atoms with van der Waals surface area (Å²) in [6.45, 7) is 0. The van der Waals surface area contributed by atoms with Gasteiger partial charge in [-0.25, -0.2) is 0 Å². The van der Waals surface area contributed by atoms with Crippen LogP contribution in [0.25, 0.3) is 6.08 Å². The van der Waals surface area contributed by atoms with Crippen molar-refractivity contribution in [2.24, 2.45) is 0 Å². The quantitative estimate of drug-likeness (QED) is 0.900. The lowest BCUT2D eigenvalue weighted by Gasteiger charge is -2.26. The normalized spacial score (nSPS) is 20.9. The summed E-state index contributed by atoms with van der Waals surface area (Å²) < 4.78 is 5.78. The summed E-state index contributed by atoms with van der Waals surface area (Å²) >= 11 is 5.83. The molecular formula is C16H13ClO2. The first-order valence-electron chi connectivity index (χ1n) is 6.11. The highest BCUT2D eigenvalue weighted by atomic mass is 35.5. The van der Waals surface area contributed by atoms with Crippen molar-refractivity contribution >= 4 is 17.7 Å². The van der Waals surface area contributed by atoms with Crippen LogP contribution in [0.2, 0.25) is 5.02 Å². The van der Waals surface area contributed by atoms with E-state index in [1.165, 1.54) is 0 Å². The van der Waals surface area contributed by atoms with E-state index in [-0.39, 0.29) is 6.10 Å². The minimum absolute atomic E-state index is 0.379. The van der Waals surface area contributed by atoms with Gasteiger partial charge in [-0.05, 0) is 41.5 Å². The maximum Gasteiger partial charge on any atom is 0.147 e. The van der Waals surface area contributed by atoms with Gasteiger partial charge in [-0.3, -0.25) is 0 Å². The Balaban J connectivity index is 1.83. The third-order valence-electron chi connectivity index (χ3n) is 3.18. The van der Waals surface area contributed by atoms with Gasteiger partial charge in [-0.15, -0.1) is 0 Å². The average Bonchev–Trinajstić information content (AvgIpc) is 2.45. The first-order chi connectivity index (χ1) is 9.24. The average molecular weight is 273 g/mol. The van der Waals surface area contributed by atoms with Gasteiger partial charge in [0.15, 0.2) is 0 Å². The Bertz CT molecular complexity index is 604. The van der Waals surface area contributed by atoms with E-state index in [1.807, 2.05) is 36.4 Å². The number of ether oxygens (including phenoxy) is 1. The van der Waals surface area contributed by atoms with Crippen LogP contribution in [0, 0.1) is 0 Å². The molecule has 1 unspecified atom stereocenters. The number of rotatable bonds is 2. The summed E-state index contributed by atoms with van der Waals surface area (Å²) in [6.07, 6.45) is 2.82. The molecule has 1 aliphatic carbocycles. The van der Waals surface area contributed by atoms with E-state index in [9.17, 15) is 5.11 Å². The molecule has 0 saturated heterocycles. The third-order valence-corrected chi connectivity index (χ3v) is 3.43. The van der Waals surface area contributed by atoms with Crippen molar-refractivity contribution in [3.63, 3.8) is 0 Å². The molecule has 96 valence electrons. The Labute approximate surface area is 116 Å². The molecule has 1 aliphatic rings. The van der Waals surface area contributed by atoms with Crippen molar-refractivity contribution in [1.29, 1.82) is 0 Å². The highest BCUT2D eigenvalue weighted by molar-refractivity contribution is 6.30. The van der Waals surface area contributed by atoms with Crippen molar-refractivity contribution in [3.8, 4) is 5.75 Å². The summed E-state index contributed by atoms with van der Waals surface area (Å²) in [6, 6.07) is 14.9. The van der Waals surface area contributed by atoms with Gasteiger partial charge < -0.3 is 9.84 Å². The molecule has 19 heavy (non-hydrogen) atoms. The largest absolute Gasteiger partial charge is 0.483 e. The van der Waals surface area contributed by atoms with Crippen LogP contribution in [0.1, 0.15) is 17.2 Å². The Morgan fingerprint density at radius 1 is 1.00 bits per heavy atom. The van der Waals surface area contributed by atoms with Gasteiger partial charge >= 0.3 is 0 Å². The van der Waals surface area contributed by atoms with Gasteiger partial charge in [0.05, 0.1) is 0 Å². The van der Waals surface area contributed by atoms with E-state index in [0.29, 0.717) is 10.8 Å². The fourth-order valence-corrected chi connectivity index (χ4v) is 2.31. The van der Waals surface area contributed by atoms with Crippen molar-refractivity contribution in [2.45, 2.75) is 12.2 Å². The molecule has 0 amide bonds. The number of aliphatic hydroxyl groups is 1. The summed E-state index contributed by atoms with van der Waals surface area (Å²) in [4.78, 5) is 0. The molecule has 0 aromatic heterocycles. The minimum Gasteiger partial charge on any atom is -0.483 e. The molecule has 0 aliphatic heterocycles. The molecule has 2 atom stereocenters. The molecule has 1 N–H and O–H groups in total. The van der Waals surface area contributed by atoms with Crippen molar-refractivity contribution in [1.82, 2.24) is 0 Å². The van der Waals surface area contributed by atoms with Gasteiger partial charge in [0.25, 0.3) is 0 Å². The predicted octanol–water partition coefficient (Wildman–Crippen LogP) is 3.85. The second kappa shape index (κ2) is 5.08. The Hall–Kier alpha value is -1.77. The van der Waals surface area contributed by atoms with E-state index in [4.69, 9.17) is 16.3 Å². The number of benzene rings is 2. The number of aliphatic hydroxyl groups excluding tert-OH is 1. The number of fused-ring (bicyclic) bond motifs is 1. The first-order valence-corrected chi connectivity index (χ1v) is 6.49. The Morgan fingerprint density at radius 3 is 2.53 bits per heavy atom. The van der Waals surface area contributed by atoms with Gasteiger partial charge in [-0.1, -0.05) is 41.9 Å². The second-order valence-electron chi connectivity index (χ2n) is 4.47. The van der Waals surface area contributed by atoms with Crippen molar-refractivity contribution < 1.29 is 9.84 Å². The number of hydrogen-bond acceptors (Lipinski definition) is 2. The van der Waals surface area contributed by atoms with Crippen LogP contribution in [0.3, 0.4) is 0 Å². The highest BCUT2D eigenvalue weighted by Crippen LogP contribution is 2.30. The zero-order valence-electron chi connectivity index (χ0n) is 10.2. The van der Waals surface area contributed by atoms with Gasteiger partial charge in [-0.2, -0.15) is 0 Å². The lowest BCUT2D eigenvalue weighted by molar-refractivity contribution is 0.0623. The number of halogens is 1. The van der Waals surface area contributed by atoms with Crippen LogP contribution in [-0.2, 0) is 0 Å². The van der Waals surface area contributed by atoms with Crippen molar-refractivity contribution in [2.75, 3.05) is 0 Å². The first kappa shape index (κ1) is 12.3. The third kappa shape index (κ3) is 2.50. The highest BCUT2D eigenvalue weighted by Gasteiger charge is 2.25. The summed E-state index contributed by atoms with van der Waals surface area (Å²) in [7, 11) is 0. The van der Waals surface area contributed by atoms with E-state index in [0.717, 1.165) is 11.1 Å². The molecule has 0 fully saturated rings. The van der Waals surface area contributed by atoms with Crippen LogP contribution in [-0.4, -0.2) is 11.2 Å². The SMILES string of the molecule is OC1c2ccccc2C=C[C@@H]1Oc1ccc(Cl)cc1.